The van der Waals surface area contributed by atoms with Crippen LogP contribution in [0.2, 0.25) is 0 Å². The summed E-state index contributed by atoms with van der Waals surface area (Å²) in [7, 11) is 0. The second-order valence-corrected chi connectivity index (χ2v) is 9.13. The van der Waals surface area contributed by atoms with Crippen molar-refractivity contribution in [1.82, 2.24) is 20.1 Å². The third-order valence-electron chi connectivity index (χ3n) is 5.10. The molecule has 3 heterocycles. The first-order chi connectivity index (χ1) is 14.3. The van der Waals surface area contributed by atoms with Gasteiger partial charge >= 0.3 is 0 Å². The van der Waals surface area contributed by atoms with Gasteiger partial charge in [0.1, 0.15) is 5.01 Å². The van der Waals surface area contributed by atoms with Crippen LogP contribution in [0.25, 0.3) is 10.6 Å². The van der Waals surface area contributed by atoms with Crippen LogP contribution in [-0.4, -0.2) is 60.0 Å². The maximum atomic E-state index is 12.2. The first-order valence-corrected chi connectivity index (χ1v) is 11.8. The van der Waals surface area contributed by atoms with E-state index in [9.17, 15) is 4.79 Å². The molecular weight excluding hydrogens is 400 g/mol. The summed E-state index contributed by atoms with van der Waals surface area (Å²) < 4.78 is 0. The maximum absolute atomic E-state index is 12.2. The number of aromatic nitrogens is 1. The van der Waals surface area contributed by atoms with Crippen LogP contribution in [0.4, 0.5) is 0 Å². The zero-order valence-electron chi connectivity index (χ0n) is 16.4. The van der Waals surface area contributed by atoms with E-state index in [1.807, 2.05) is 18.2 Å². The molecule has 0 spiro atoms. The van der Waals surface area contributed by atoms with Gasteiger partial charge < -0.3 is 5.32 Å². The van der Waals surface area contributed by atoms with Gasteiger partial charge in [0, 0.05) is 38.1 Å². The fraction of sp³-hybridized carbons (Fsp3) is 0.364. The van der Waals surface area contributed by atoms with Gasteiger partial charge in [0.05, 0.1) is 23.7 Å². The average molecular weight is 427 g/mol. The number of amides is 1. The molecule has 2 aromatic heterocycles. The Bertz CT molecular complexity index is 887. The second-order valence-electron chi connectivity index (χ2n) is 7.24. The van der Waals surface area contributed by atoms with Crippen LogP contribution in [-0.2, 0) is 17.8 Å². The monoisotopic (exact) mass is 426 g/mol. The SMILES string of the molecule is O=C(CN1CCN(Cc2nc(-c3cccs3)cs2)CC1)NCCc1ccccc1. The molecule has 1 aliphatic heterocycles. The first kappa shape index (κ1) is 20.2. The highest BCUT2D eigenvalue weighted by Gasteiger charge is 2.20. The van der Waals surface area contributed by atoms with Crippen molar-refractivity contribution in [1.29, 1.82) is 0 Å². The van der Waals surface area contributed by atoms with Crippen LogP contribution in [0, 0.1) is 0 Å². The van der Waals surface area contributed by atoms with Gasteiger partial charge in [0.2, 0.25) is 5.91 Å². The van der Waals surface area contributed by atoms with Gasteiger partial charge in [-0.2, -0.15) is 0 Å². The molecule has 4 rings (SSSR count). The van der Waals surface area contributed by atoms with Crippen molar-refractivity contribution in [2.24, 2.45) is 0 Å². The van der Waals surface area contributed by atoms with Crippen molar-refractivity contribution in [3.63, 3.8) is 0 Å². The van der Waals surface area contributed by atoms with E-state index in [0.29, 0.717) is 13.1 Å². The van der Waals surface area contributed by atoms with Crippen LogP contribution < -0.4 is 5.32 Å². The molecule has 0 aliphatic carbocycles. The van der Waals surface area contributed by atoms with Crippen LogP contribution in [0.15, 0.2) is 53.2 Å². The molecule has 1 amide bonds. The van der Waals surface area contributed by atoms with Crippen molar-refractivity contribution in [3.05, 3.63) is 63.8 Å². The van der Waals surface area contributed by atoms with Gasteiger partial charge in [0.25, 0.3) is 0 Å². The highest BCUT2D eigenvalue weighted by atomic mass is 32.1. The zero-order valence-corrected chi connectivity index (χ0v) is 18.1. The predicted molar refractivity (Wildman–Crippen MR) is 120 cm³/mol. The largest absolute Gasteiger partial charge is 0.355 e. The Morgan fingerprint density at radius 3 is 2.55 bits per heavy atom. The molecule has 0 atom stereocenters. The summed E-state index contributed by atoms with van der Waals surface area (Å²) in [5, 5.41) is 8.45. The lowest BCUT2D eigenvalue weighted by Crippen LogP contribution is -2.49. The third-order valence-corrected chi connectivity index (χ3v) is 6.82. The van der Waals surface area contributed by atoms with E-state index in [-0.39, 0.29) is 5.91 Å². The third kappa shape index (κ3) is 5.96. The average Bonchev–Trinajstić information content (AvgIpc) is 3.42. The quantitative estimate of drug-likeness (QED) is 0.600. The lowest BCUT2D eigenvalue weighted by Gasteiger charge is -2.33. The van der Waals surface area contributed by atoms with Crippen molar-refractivity contribution >= 4 is 28.6 Å². The fourth-order valence-electron chi connectivity index (χ4n) is 3.47. The molecule has 0 radical (unpaired) electrons. The highest BCUT2D eigenvalue weighted by molar-refractivity contribution is 7.14. The fourth-order valence-corrected chi connectivity index (χ4v) is 5.06. The molecule has 7 heteroatoms. The number of thiophene rings is 1. The number of benzene rings is 1. The van der Waals surface area contributed by atoms with Crippen molar-refractivity contribution in [3.8, 4) is 10.6 Å². The van der Waals surface area contributed by atoms with E-state index in [1.165, 1.54) is 15.4 Å². The molecule has 1 N–H and O–H groups in total. The number of rotatable bonds is 8. The van der Waals surface area contributed by atoms with Gasteiger partial charge in [-0.25, -0.2) is 4.98 Å². The molecule has 1 aliphatic rings. The molecule has 0 unspecified atom stereocenters. The lowest BCUT2D eigenvalue weighted by molar-refractivity contribution is -0.122. The minimum atomic E-state index is 0.120. The second kappa shape index (κ2) is 10.1. The van der Waals surface area contributed by atoms with E-state index in [2.05, 4.69) is 50.1 Å². The highest BCUT2D eigenvalue weighted by Crippen LogP contribution is 2.26. The van der Waals surface area contributed by atoms with Crippen LogP contribution >= 0.6 is 22.7 Å². The van der Waals surface area contributed by atoms with E-state index in [1.54, 1.807) is 22.7 Å². The summed E-state index contributed by atoms with van der Waals surface area (Å²) in [4.78, 5) is 22.9. The van der Waals surface area contributed by atoms with E-state index in [0.717, 1.165) is 44.8 Å². The number of hydrogen-bond acceptors (Lipinski definition) is 6. The Labute approximate surface area is 180 Å². The summed E-state index contributed by atoms with van der Waals surface area (Å²) >= 11 is 3.47. The normalized spacial score (nSPS) is 15.4. The van der Waals surface area contributed by atoms with Crippen molar-refractivity contribution in [2.45, 2.75) is 13.0 Å². The van der Waals surface area contributed by atoms with Gasteiger partial charge in [-0.1, -0.05) is 36.4 Å². The van der Waals surface area contributed by atoms with Gasteiger partial charge in [-0.3, -0.25) is 14.6 Å². The Hall–Kier alpha value is -2.06. The minimum absolute atomic E-state index is 0.120. The summed E-state index contributed by atoms with van der Waals surface area (Å²) in [5.41, 5.74) is 2.34. The zero-order chi connectivity index (χ0) is 19.9. The number of thiazole rings is 1. The molecule has 0 bridgehead atoms. The lowest BCUT2D eigenvalue weighted by atomic mass is 10.1. The number of carbonyl (C=O) groups excluding carboxylic acids is 1. The first-order valence-electron chi connectivity index (χ1n) is 10.00. The summed E-state index contributed by atoms with van der Waals surface area (Å²) in [6.07, 6.45) is 0.877. The Morgan fingerprint density at radius 1 is 1.00 bits per heavy atom. The Morgan fingerprint density at radius 2 is 1.79 bits per heavy atom. The summed E-state index contributed by atoms with van der Waals surface area (Å²) in [6, 6.07) is 14.5. The molecule has 152 valence electrons. The van der Waals surface area contributed by atoms with Gasteiger partial charge in [-0.05, 0) is 23.4 Å². The number of carbonyl (C=O) groups is 1. The number of piperazine rings is 1. The smallest absolute Gasteiger partial charge is 0.234 e. The predicted octanol–water partition coefficient (Wildman–Crippen LogP) is 3.35. The molecular formula is C22H26N4OS2. The molecule has 3 aromatic rings. The molecule has 5 nitrogen and oxygen atoms in total. The minimum Gasteiger partial charge on any atom is -0.355 e. The summed E-state index contributed by atoms with van der Waals surface area (Å²) in [6.45, 7) is 5.88. The molecule has 1 fully saturated rings. The van der Waals surface area contributed by atoms with Gasteiger partial charge in [0.15, 0.2) is 0 Å². The molecule has 0 saturated carbocycles. The topological polar surface area (TPSA) is 48.5 Å². The van der Waals surface area contributed by atoms with Crippen LogP contribution in [0.5, 0.6) is 0 Å². The standard InChI is InChI=1S/C22H26N4OS2/c27-21(23-9-8-18-5-2-1-3-6-18)15-25-10-12-26(13-11-25)16-22-24-19(17-29-22)20-7-4-14-28-20/h1-7,14,17H,8-13,15-16H2,(H,23,27). The van der Waals surface area contributed by atoms with Crippen LogP contribution in [0.1, 0.15) is 10.6 Å². The number of hydrogen-bond donors (Lipinski definition) is 1. The van der Waals surface area contributed by atoms with Crippen molar-refractivity contribution in [2.75, 3.05) is 39.3 Å². The Balaban J connectivity index is 1.15. The number of nitrogens with zero attached hydrogens (tertiary/aromatic N) is 3. The van der Waals surface area contributed by atoms with E-state index in [4.69, 9.17) is 4.98 Å². The summed E-state index contributed by atoms with van der Waals surface area (Å²) in [5.74, 6) is 0.120. The van der Waals surface area contributed by atoms with E-state index < -0.39 is 0 Å². The van der Waals surface area contributed by atoms with Gasteiger partial charge in [-0.15, -0.1) is 22.7 Å². The van der Waals surface area contributed by atoms with Crippen LogP contribution in [0.3, 0.4) is 0 Å². The molecule has 29 heavy (non-hydrogen) atoms. The van der Waals surface area contributed by atoms with Crippen molar-refractivity contribution < 1.29 is 4.79 Å². The molecule has 1 saturated heterocycles. The molecule has 1 aromatic carbocycles. The number of nitrogens with one attached hydrogen (secondary N) is 1. The maximum Gasteiger partial charge on any atom is 0.234 e. The van der Waals surface area contributed by atoms with E-state index >= 15 is 0 Å². The Kier molecular flexibility index (Phi) is 7.05.